The summed E-state index contributed by atoms with van der Waals surface area (Å²) in [6.07, 6.45) is 6.69. The van der Waals surface area contributed by atoms with Crippen LogP contribution in [-0.2, 0) is 14.3 Å². The largest absolute Gasteiger partial charge is 0.466 e. The van der Waals surface area contributed by atoms with Crippen LogP contribution in [0.2, 0.25) is 0 Å². The number of allylic oxidation sites excluding steroid dienone is 2. The zero-order valence-electron chi connectivity index (χ0n) is 7.29. The van der Waals surface area contributed by atoms with E-state index in [1.807, 2.05) is 0 Å². The smallest absolute Gasteiger partial charge is 0.302 e. The van der Waals surface area contributed by atoms with Gasteiger partial charge in [-0.3, -0.25) is 9.59 Å². The van der Waals surface area contributed by atoms with Crippen molar-refractivity contribution in [1.82, 2.24) is 0 Å². The van der Waals surface area contributed by atoms with Crippen LogP contribution in [0.5, 0.6) is 0 Å². The molecule has 0 aliphatic heterocycles. The number of esters is 1. The van der Waals surface area contributed by atoms with Gasteiger partial charge in [0.05, 0.1) is 6.61 Å². The molecule has 0 spiro atoms. The summed E-state index contributed by atoms with van der Waals surface area (Å²) < 4.78 is 4.72. The summed E-state index contributed by atoms with van der Waals surface area (Å²) in [5.74, 6) is -0.238. The van der Waals surface area contributed by atoms with Gasteiger partial charge in [-0.2, -0.15) is 0 Å². The second-order valence-electron chi connectivity index (χ2n) is 2.40. The number of hydrogen-bond donors (Lipinski definition) is 0. The molecular weight excluding hydrogens is 156 g/mol. The van der Waals surface area contributed by atoms with Crippen LogP contribution in [0.3, 0.4) is 0 Å². The Morgan fingerprint density at radius 3 is 2.75 bits per heavy atom. The molecule has 0 aliphatic rings. The minimum absolute atomic E-state index is 0.238. The molecule has 0 saturated heterocycles. The molecule has 0 aromatic carbocycles. The summed E-state index contributed by atoms with van der Waals surface area (Å²) in [6.45, 7) is 1.87. The first-order valence-electron chi connectivity index (χ1n) is 4.01. The van der Waals surface area contributed by atoms with Crippen LogP contribution < -0.4 is 0 Å². The molecule has 0 aliphatic carbocycles. The number of carbonyl (C=O) groups excluding carboxylic acids is 2. The van der Waals surface area contributed by atoms with Gasteiger partial charge in [-0.1, -0.05) is 6.08 Å². The summed E-state index contributed by atoms with van der Waals surface area (Å²) in [7, 11) is 0. The fourth-order valence-electron chi connectivity index (χ4n) is 0.732. The van der Waals surface area contributed by atoms with E-state index in [9.17, 15) is 9.59 Å². The summed E-state index contributed by atoms with van der Waals surface area (Å²) in [6, 6.07) is 0. The lowest BCUT2D eigenvalue weighted by atomic mass is 10.2. The van der Waals surface area contributed by atoms with E-state index in [1.165, 1.54) is 13.0 Å². The summed E-state index contributed by atoms with van der Waals surface area (Å²) in [5.41, 5.74) is 0. The lowest BCUT2D eigenvalue weighted by molar-refractivity contribution is -0.141. The number of carbonyl (C=O) groups is 2. The first kappa shape index (κ1) is 10.9. The van der Waals surface area contributed by atoms with Crippen LogP contribution in [-0.4, -0.2) is 18.9 Å². The molecule has 3 nitrogen and oxygen atoms in total. The molecule has 0 amide bonds. The van der Waals surface area contributed by atoms with Crippen LogP contribution in [0.15, 0.2) is 12.2 Å². The number of aldehydes is 1. The van der Waals surface area contributed by atoms with E-state index in [0.717, 1.165) is 25.5 Å². The first-order valence-corrected chi connectivity index (χ1v) is 4.01. The van der Waals surface area contributed by atoms with Gasteiger partial charge in [-0.15, -0.1) is 0 Å². The Bertz CT molecular complexity index is 161. The van der Waals surface area contributed by atoms with Crippen molar-refractivity contribution < 1.29 is 14.3 Å². The first-order chi connectivity index (χ1) is 5.77. The van der Waals surface area contributed by atoms with Crippen molar-refractivity contribution in [2.75, 3.05) is 6.61 Å². The predicted molar refractivity (Wildman–Crippen MR) is 45.7 cm³/mol. The Kier molecular flexibility index (Phi) is 7.24. The minimum atomic E-state index is -0.238. The van der Waals surface area contributed by atoms with E-state index in [4.69, 9.17) is 4.74 Å². The fourth-order valence-corrected chi connectivity index (χ4v) is 0.732. The van der Waals surface area contributed by atoms with Crippen LogP contribution in [0, 0.1) is 0 Å². The van der Waals surface area contributed by atoms with Crippen molar-refractivity contribution in [2.45, 2.75) is 26.2 Å². The number of hydrogen-bond acceptors (Lipinski definition) is 3. The van der Waals surface area contributed by atoms with Gasteiger partial charge >= 0.3 is 5.97 Å². The normalized spacial score (nSPS) is 10.1. The molecule has 0 saturated carbocycles. The van der Waals surface area contributed by atoms with Crippen LogP contribution in [0.1, 0.15) is 26.2 Å². The second kappa shape index (κ2) is 7.98. The standard InChI is InChI=1S/C9H14O3/c1-9(11)12-8-6-4-2-3-5-7-10/h3,5,7H,2,4,6,8H2,1H3. The number of ether oxygens (including phenoxy) is 1. The van der Waals surface area contributed by atoms with Gasteiger partial charge in [-0.25, -0.2) is 0 Å². The molecule has 68 valence electrons. The molecule has 3 heteroatoms. The van der Waals surface area contributed by atoms with E-state index >= 15 is 0 Å². The summed E-state index contributed by atoms with van der Waals surface area (Å²) in [5, 5.41) is 0. The zero-order chi connectivity index (χ0) is 9.23. The average molecular weight is 170 g/mol. The van der Waals surface area contributed by atoms with Crippen LogP contribution in [0.25, 0.3) is 0 Å². The van der Waals surface area contributed by atoms with Crippen LogP contribution >= 0.6 is 0 Å². The number of unbranched alkanes of at least 4 members (excludes halogenated alkanes) is 2. The highest BCUT2D eigenvalue weighted by molar-refractivity contribution is 5.65. The fraction of sp³-hybridized carbons (Fsp3) is 0.556. The van der Waals surface area contributed by atoms with Crippen molar-refractivity contribution in [3.63, 3.8) is 0 Å². The van der Waals surface area contributed by atoms with Crippen molar-refractivity contribution in [1.29, 1.82) is 0 Å². The minimum Gasteiger partial charge on any atom is -0.466 e. The third kappa shape index (κ3) is 8.88. The summed E-state index contributed by atoms with van der Waals surface area (Å²) in [4.78, 5) is 20.1. The van der Waals surface area contributed by atoms with Gasteiger partial charge in [0, 0.05) is 6.92 Å². The van der Waals surface area contributed by atoms with Crippen molar-refractivity contribution in [3.05, 3.63) is 12.2 Å². The molecular formula is C9H14O3. The Labute approximate surface area is 72.4 Å². The Morgan fingerprint density at radius 1 is 1.42 bits per heavy atom. The molecule has 0 aromatic rings. The van der Waals surface area contributed by atoms with E-state index in [-0.39, 0.29) is 5.97 Å². The molecule has 12 heavy (non-hydrogen) atoms. The van der Waals surface area contributed by atoms with Gasteiger partial charge in [0.1, 0.15) is 6.29 Å². The Balaban J connectivity index is 3.05. The van der Waals surface area contributed by atoms with E-state index in [2.05, 4.69) is 0 Å². The van der Waals surface area contributed by atoms with Gasteiger partial charge < -0.3 is 4.74 Å². The van der Waals surface area contributed by atoms with E-state index in [1.54, 1.807) is 6.08 Å². The zero-order valence-corrected chi connectivity index (χ0v) is 7.29. The van der Waals surface area contributed by atoms with Gasteiger partial charge in [-0.05, 0) is 25.3 Å². The third-order valence-corrected chi connectivity index (χ3v) is 1.29. The molecule has 0 unspecified atom stereocenters. The Hall–Kier alpha value is -1.12. The maximum absolute atomic E-state index is 10.3. The maximum atomic E-state index is 10.3. The lowest BCUT2D eigenvalue weighted by Gasteiger charge is -1.98. The third-order valence-electron chi connectivity index (χ3n) is 1.29. The molecule has 0 rings (SSSR count). The quantitative estimate of drug-likeness (QED) is 0.262. The lowest BCUT2D eigenvalue weighted by Crippen LogP contribution is -1.99. The molecule has 0 bridgehead atoms. The monoisotopic (exact) mass is 170 g/mol. The van der Waals surface area contributed by atoms with Gasteiger partial charge in [0.15, 0.2) is 0 Å². The molecule has 0 heterocycles. The number of rotatable bonds is 6. The van der Waals surface area contributed by atoms with Gasteiger partial charge in [0.2, 0.25) is 0 Å². The Morgan fingerprint density at radius 2 is 2.17 bits per heavy atom. The van der Waals surface area contributed by atoms with Crippen molar-refractivity contribution in [3.8, 4) is 0 Å². The molecule has 0 atom stereocenters. The maximum Gasteiger partial charge on any atom is 0.302 e. The van der Waals surface area contributed by atoms with Crippen molar-refractivity contribution >= 4 is 12.3 Å². The topological polar surface area (TPSA) is 43.4 Å². The summed E-state index contributed by atoms with van der Waals surface area (Å²) >= 11 is 0. The average Bonchev–Trinajstić information content (AvgIpc) is 2.02. The predicted octanol–water partition coefficient (Wildman–Crippen LogP) is 1.47. The van der Waals surface area contributed by atoms with Gasteiger partial charge in [0.25, 0.3) is 0 Å². The SMILES string of the molecule is CC(=O)OCCCCC=CC=O. The highest BCUT2D eigenvalue weighted by Crippen LogP contribution is 1.96. The second-order valence-corrected chi connectivity index (χ2v) is 2.40. The highest BCUT2D eigenvalue weighted by atomic mass is 16.5. The molecule has 0 aromatic heterocycles. The van der Waals surface area contributed by atoms with Crippen molar-refractivity contribution in [2.24, 2.45) is 0 Å². The highest BCUT2D eigenvalue weighted by Gasteiger charge is 1.90. The van der Waals surface area contributed by atoms with Crippen LogP contribution in [0.4, 0.5) is 0 Å². The molecule has 0 N–H and O–H groups in total. The van der Waals surface area contributed by atoms with E-state index < -0.39 is 0 Å². The molecule has 0 radical (unpaired) electrons. The van der Waals surface area contributed by atoms with E-state index in [0.29, 0.717) is 6.61 Å². The molecule has 0 fully saturated rings.